The van der Waals surface area contributed by atoms with Crippen LogP contribution in [-0.2, 0) is 9.31 Å². The number of hydrogen-bond acceptors (Lipinski definition) is 4. The molecule has 1 aromatic carbocycles. The number of halogens is 3. The molecule has 0 unspecified atom stereocenters. The number of rotatable bonds is 3. The Hall–Kier alpha value is -1.74. The van der Waals surface area contributed by atoms with E-state index in [9.17, 15) is 18.0 Å². The van der Waals surface area contributed by atoms with E-state index in [1.807, 2.05) is 27.7 Å². The maximum atomic E-state index is 12.5. The molecule has 1 fully saturated rings. The number of alkyl halides is 3. The summed E-state index contributed by atoms with van der Waals surface area (Å²) in [4.78, 5) is 11.8. The lowest BCUT2D eigenvalue weighted by Gasteiger charge is -2.32. The molecule has 1 heterocycles. The number of amides is 1. The van der Waals surface area contributed by atoms with Gasteiger partial charge in [-0.25, -0.2) is 0 Å². The molecule has 1 aromatic rings. The third kappa shape index (κ3) is 3.84. The Labute approximate surface area is 138 Å². The third-order valence-corrected chi connectivity index (χ3v) is 4.18. The Morgan fingerprint density at radius 1 is 1.12 bits per heavy atom. The number of nitrogens with one attached hydrogen (secondary N) is 1. The predicted octanol–water partition coefficient (Wildman–Crippen LogP) is 2.24. The van der Waals surface area contributed by atoms with Gasteiger partial charge in [0, 0.05) is 12.6 Å². The molecule has 1 amide bonds. The van der Waals surface area contributed by atoms with Gasteiger partial charge in [-0.15, -0.1) is 13.2 Å². The number of benzene rings is 1. The van der Waals surface area contributed by atoms with Gasteiger partial charge in [0.05, 0.1) is 11.2 Å². The highest BCUT2D eigenvalue weighted by atomic mass is 19.4. The van der Waals surface area contributed by atoms with Crippen LogP contribution in [0.25, 0.3) is 0 Å². The Morgan fingerprint density at radius 2 is 1.67 bits per heavy atom. The second-order valence-electron chi connectivity index (χ2n) is 6.51. The Morgan fingerprint density at radius 3 is 2.12 bits per heavy atom. The highest BCUT2D eigenvalue weighted by Gasteiger charge is 2.52. The smallest absolute Gasteiger partial charge is 0.406 e. The summed E-state index contributed by atoms with van der Waals surface area (Å²) < 4.78 is 53.2. The van der Waals surface area contributed by atoms with Crippen molar-refractivity contribution in [2.24, 2.45) is 0 Å². The van der Waals surface area contributed by atoms with E-state index in [2.05, 4.69) is 10.1 Å². The monoisotopic (exact) mass is 345 g/mol. The standard InChI is InChI=1S/C15H19BF3NO4/c1-13(2)14(3,4)24-16(23-13)10-6-9(12(21)20-5)7-11(8-10)22-15(17,18)19/h6-8H,1-5H3,(H,20,21). The van der Waals surface area contributed by atoms with Crippen molar-refractivity contribution < 1.29 is 32.0 Å². The van der Waals surface area contributed by atoms with Gasteiger partial charge < -0.3 is 19.4 Å². The molecule has 0 aliphatic carbocycles. The van der Waals surface area contributed by atoms with E-state index >= 15 is 0 Å². The van der Waals surface area contributed by atoms with Crippen LogP contribution in [0.3, 0.4) is 0 Å². The minimum atomic E-state index is -4.87. The SMILES string of the molecule is CNC(=O)c1cc(OC(F)(F)F)cc(B2OC(C)(C)C(C)(C)O2)c1. The molecular formula is C15H19BF3NO4. The van der Waals surface area contributed by atoms with E-state index in [1.165, 1.54) is 13.1 Å². The van der Waals surface area contributed by atoms with Crippen molar-refractivity contribution in [1.82, 2.24) is 5.32 Å². The van der Waals surface area contributed by atoms with E-state index in [4.69, 9.17) is 9.31 Å². The Balaban J connectivity index is 2.42. The lowest BCUT2D eigenvalue weighted by molar-refractivity contribution is -0.274. The first-order valence-corrected chi connectivity index (χ1v) is 7.33. The van der Waals surface area contributed by atoms with Crippen LogP contribution in [-0.4, -0.2) is 37.6 Å². The first-order valence-electron chi connectivity index (χ1n) is 7.33. The van der Waals surface area contributed by atoms with Crippen LogP contribution in [0.5, 0.6) is 5.75 Å². The molecule has 0 bridgehead atoms. The second-order valence-corrected chi connectivity index (χ2v) is 6.51. The summed E-state index contributed by atoms with van der Waals surface area (Å²) in [6, 6.07) is 3.59. The third-order valence-electron chi connectivity index (χ3n) is 4.18. The van der Waals surface area contributed by atoms with Gasteiger partial charge in [0.25, 0.3) is 5.91 Å². The lowest BCUT2D eigenvalue weighted by Crippen LogP contribution is -2.41. The zero-order valence-corrected chi connectivity index (χ0v) is 14.1. The fraction of sp³-hybridized carbons (Fsp3) is 0.533. The molecule has 132 valence electrons. The van der Waals surface area contributed by atoms with Crippen molar-refractivity contribution in [3.8, 4) is 5.75 Å². The molecule has 0 radical (unpaired) electrons. The zero-order valence-electron chi connectivity index (χ0n) is 14.1. The van der Waals surface area contributed by atoms with Crippen molar-refractivity contribution >= 4 is 18.5 Å². The molecule has 1 N–H and O–H groups in total. The Bertz CT molecular complexity index is 630. The largest absolute Gasteiger partial charge is 0.573 e. The summed E-state index contributed by atoms with van der Waals surface area (Å²) in [6.45, 7) is 7.29. The lowest BCUT2D eigenvalue weighted by atomic mass is 9.78. The molecule has 5 nitrogen and oxygen atoms in total. The van der Waals surface area contributed by atoms with Gasteiger partial charge in [-0.1, -0.05) is 0 Å². The van der Waals surface area contributed by atoms with E-state index in [0.717, 1.165) is 12.1 Å². The van der Waals surface area contributed by atoms with Crippen molar-refractivity contribution in [3.63, 3.8) is 0 Å². The van der Waals surface area contributed by atoms with Crippen molar-refractivity contribution in [1.29, 1.82) is 0 Å². The summed E-state index contributed by atoms with van der Waals surface area (Å²) in [5, 5.41) is 2.36. The summed E-state index contributed by atoms with van der Waals surface area (Å²) in [6.07, 6.45) is -4.87. The van der Waals surface area contributed by atoms with Crippen LogP contribution in [0.2, 0.25) is 0 Å². The minimum absolute atomic E-state index is 0.0176. The zero-order chi connectivity index (χ0) is 18.3. The molecule has 0 atom stereocenters. The van der Waals surface area contributed by atoms with Gasteiger partial charge in [0.2, 0.25) is 0 Å². The summed E-state index contributed by atoms with van der Waals surface area (Å²) in [5.41, 5.74) is -1.03. The average molecular weight is 345 g/mol. The van der Waals surface area contributed by atoms with Crippen LogP contribution >= 0.6 is 0 Å². The average Bonchev–Trinajstić information content (AvgIpc) is 2.64. The molecule has 1 saturated heterocycles. The van der Waals surface area contributed by atoms with Crippen molar-refractivity contribution in [3.05, 3.63) is 23.8 Å². The van der Waals surface area contributed by atoms with Gasteiger partial charge >= 0.3 is 13.5 Å². The van der Waals surface area contributed by atoms with E-state index in [-0.39, 0.29) is 11.0 Å². The van der Waals surface area contributed by atoms with Gasteiger partial charge in [0.1, 0.15) is 5.75 Å². The number of carbonyl (C=O) groups is 1. The first kappa shape index (κ1) is 18.6. The quantitative estimate of drug-likeness (QED) is 0.854. The van der Waals surface area contributed by atoms with Gasteiger partial charge in [-0.2, -0.15) is 0 Å². The molecule has 2 rings (SSSR count). The van der Waals surface area contributed by atoms with Gasteiger partial charge in [-0.3, -0.25) is 4.79 Å². The number of ether oxygens (including phenoxy) is 1. The highest BCUT2D eigenvalue weighted by molar-refractivity contribution is 6.62. The minimum Gasteiger partial charge on any atom is -0.406 e. The predicted molar refractivity (Wildman–Crippen MR) is 82.2 cm³/mol. The maximum absolute atomic E-state index is 12.5. The van der Waals surface area contributed by atoms with Crippen LogP contribution in [0, 0.1) is 0 Å². The molecule has 0 spiro atoms. The summed E-state index contributed by atoms with van der Waals surface area (Å²) in [7, 11) is 0.476. The van der Waals surface area contributed by atoms with Crippen LogP contribution in [0.1, 0.15) is 38.1 Å². The summed E-state index contributed by atoms with van der Waals surface area (Å²) >= 11 is 0. The van der Waals surface area contributed by atoms with E-state index in [1.54, 1.807) is 0 Å². The molecular weight excluding hydrogens is 326 g/mol. The van der Waals surface area contributed by atoms with Crippen LogP contribution in [0.15, 0.2) is 18.2 Å². The molecule has 1 aliphatic rings. The fourth-order valence-electron chi connectivity index (χ4n) is 2.21. The molecule has 0 saturated carbocycles. The summed E-state index contributed by atoms with van der Waals surface area (Å²) in [5.74, 6) is -1.05. The first-order chi connectivity index (χ1) is 10.8. The maximum Gasteiger partial charge on any atom is 0.573 e. The number of hydrogen-bond donors (Lipinski definition) is 1. The molecule has 9 heteroatoms. The molecule has 24 heavy (non-hydrogen) atoms. The van der Waals surface area contributed by atoms with Crippen LogP contribution < -0.4 is 15.5 Å². The Kier molecular flexibility index (Phi) is 4.62. The van der Waals surface area contributed by atoms with Crippen molar-refractivity contribution in [2.45, 2.75) is 45.3 Å². The molecule has 1 aliphatic heterocycles. The fourth-order valence-corrected chi connectivity index (χ4v) is 2.21. The van der Waals surface area contributed by atoms with Crippen LogP contribution in [0.4, 0.5) is 13.2 Å². The van der Waals surface area contributed by atoms with Crippen molar-refractivity contribution in [2.75, 3.05) is 7.05 Å². The highest BCUT2D eigenvalue weighted by Crippen LogP contribution is 2.37. The topological polar surface area (TPSA) is 56.8 Å². The van der Waals surface area contributed by atoms with E-state index in [0.29, 0.717) is 0 Å². The number of carbonyl (C=O) groups excluding carboxylic acids is 1. The normalized spacial score (nSPS) is 19.2. The van der Waals surface area contributed by atoms with Gasteiger partial charge in [-0.05, 0) is 51.4 Å². The second kappa shape index (κ2) is 5.96. The molecule has 0 aromatic heterocycles. The van der Waals surface area contributed by atoms with E-state index < -0.39 is 36.3 Å². The van der Waals surface area contributed by atoms with Gasteiger partial charge in [0.15, 0.2) is 0 Å².